The van der Waals surface area contributed by atoms with Crippen molar-refractivity contribution in [1.29, 1.82) is 0 Å². The van der Waals surface area contributed by atoms with Crippen molar-refractivity contribution in [2.24, 2.45) is 21.7 Å². The molecule has 4 heteroatoms. The third kappa shape index (κ3) is 6.60. The quantitative estimate of drug-likeness (QED) is 0.270. The number of nitrogens with zero attached hydrogens (tertiary/aromatic N) is 1. The van der Waals surface area contributed by atoms with Crippen LogP contribution >= 0.6 is 12.6 Å². The van der Waals surface area contributed by atoms with E-state index in [-0.39, 0.29) is 22.5 Å². The number of ketones is 1. The molecule has 1 aliphatic rings. The number of benzene rings is 1. The second-order valence-electron chi connectivity index (χ2n) is 10.1. The molecule has 3 nitrogen and oxygen atoms in total. The maximum absolute atomic E-state index is 13.0. The van der Waals surface area contributed by atoms with Crippen molar-refractivity contribution in [3.05, 3.63) is 47.7 Å². The minimum atomic E-state index is -0.522. The summed E-state index contributed by atoms with van der Waals surface area (Å²) in [6.45, 7) is 15.8. The molecule has 0 radical (unpaired) electrons. The standard InChI is InChI=1S/C28H41NO2S/c1-8-13-25(23(30)19-29-22-14-11-12-15-26(22)32)31-24-17-16-20(27(4,5)9-2)18-21(24)28(6,7)10-3/h11-12,14-17,19,21,25,32H,8-10,13,18H2,1-7H3. The van der Waals surface area contributed by atoms with Crippen LogP contribution in [0.5, 0.6) is 0 Å². The number of ether oxygens (including phenoxy) is 1. The molecule has 0 heterocycles. The van der Waals surface area contributed by atoms with Gasteiger partial charge in [-0.3, -0.25) is 9.79 Å². The molecule has 1 aromatic rings. The zero-order valence-electron chi connectivity index (χ0n) is 20.9. The van der Waals surface area contributed by atoms with Crippen molar-refractivity contribution >= 4 is 30.3 Å². The Kier molecular flexibility index (Phi) is 9.39. The summed E-state index contributed by atoms with van der Waals surface area (Å²) >= 11 is 4.42. The molecule has 2 atom stereocenters. The molecular weight excluding hydrogens is 414 g/mol. The lowest BCUT2D eigenvalue weighted by atomic mass is 9.66. The topological polar surface area (TPSA) is 38.7 Å². The fourth-order valence-corrected chi connectivity index (χ4v) is 4.14. The fourth-order valence-electron chi connectivity index (χ4n) is 3.92. The highest BCUT2D eigenvalue weighted by Crippen LogP contribution is 2.47. The summed E-state index contributed by atoms with van der Waals surface area (Å²) in [7, 11) is 0. The van der Waals surface area contributed by atoms with Gasteiger partial charge in [0, 0.05) is 10.8 Å². The normalized spacial score (nSPS) is 18.3. The van der Waals surface area contributed by atoms with Crippen LogP contribution in [0.4, 0.5) is 5.69 Å². The monoisotopic (exact) mass is 455 g/mol. The third-order valence-corrected chi connectivity index (χ3v) is 7.56. The van der Waals surface area contributed by atoms with E-state index in [4.69, 9.17) is 4.74 Å². The van der Waals surface area contributed by atoms with Gasteiger partial charge in [-0.2, -0.15) is 0 Å². The van der Waals surface area contributed by atoms with Crippen molar-refractivity contribution in [3.63, 3.8) is 0 Å². The number of para-hydroxylation sites is 1. The smallest absolute Gasteiger partial charge is 0.214 e. The first-order chi connectivity index (χ1) is 15.1. The summed E-state index contributed by atoms with van der Waals surface area (Å²) in [5.41, 5.74) is 2.39. The number of rotatable bonds is 11. The van der Waals surface area contributed by atoms with Gasteiger partial charge in [0.1, 0.15) is 5.76 Å². The van der Waals surface area contributed by atoms with Crippen LogP contribution in [-0.2, 0) is 9.53 Å². The van der Waals surface area contributed by atoms with E-state index in [2.05, 4.69) is 78.2 Å². The number of Topliss-reactive ketones (excluding diaryl/α,β-unsaturated/α-hetero) is 1. The Bertz CT molecular complexity index is 879. The number of allylic oxidation sites excluding steroid dienone is 4. The summed E-state index contributed by atoms with van der Waals surface area (Å²) in [6, 6.07) is 7.52. The number of carbonyl (C=O) groups is 1. The number of thiol groups is 1. The second kappa shape index (κ2) is 11.4. The van der Waals surface area contributed by atoms with Crippen LogP contribution in [0, 0.1) is 16.7 Å². The average Bonchev–Trinajstić information content (AvgIpc) is 2.78. The average molecular weight is 456 g/mol. The van der Waals surface area contributed by atoms with E-state index >= 15 is 0 Å². The Morgan fingerprint density at radius 3 is 2.44 bits per heavy atom. The highest BCUT2D eigenvalue weighted by atomic mass is 32.1. The third-order valence-electron chi connectivity index (χ3n) is 7.18. The maximum Gasteiger partial charge on any atom is 0.214 e. The van der Waals surface area contributed by atoms with E-state index in [1.165, 1.54) is 11.8 Å². The Labute approximate surface area is 200 Å². The maximum atomic E-state index is 13.0. The van der Waals surface area contributed by atoms with E-state index in [1.807, 2.05) is 24.3 Å². The largest absolute Gasteiger partial charge is 0.486 e. The molecule has 1 aromatic carbocycles. The van der Waals surface area contributed by atoms with Crippen molar-refractivity contribution in [1.82, 2.24) is 0 Å². The molecule has 0 saturated carbocycles. The Morgan fingerprint density at radius 2 is 1.84 bits per heavy atom. The molecule has 0 amide bonds. The minimum absolute atomic E-state index is 0.0774. The Balaban J connectivity index is 2.31. The van der Waals surface area contributed by atoms with Gasteiger partial charge < -0.3 is 4.74 Å². The van der Waals surface area contributed by atoms with Crippen LogP contribution in [0.15, 0.2) is 57.6 Å². The summed E-state index contributed by atoms with van der Waals surface area (Å²) in [6.07, 6.45) is 9.88. The lowest BCUT2D eigenvalue weighted by Crippen LogP contribution is -2.34. The van der Waals surface area contributed by atoms with E-state index in [0.717, 1.165) is 36.3 Å². The van der Waals surface area contributed by atoms with Gasteiger partial charge >= 0.3 is 0 Å². The molecule has 0 aliphatic heterocycles. The van der Waals surface area contributed by atoms with Gasteiger partial charge in [-0.15, -0.1) is 12.6 Å². The molecule has 0 bridgehead atoms. The Hall–Kier alpha value is -1.81. The molecule has 2 rings (SSSR count). The van der Waals surface area contributed by atoms with Crippen molar-refractivity contribution in [3.8, 4) is 0 Å². The lowest BCUT2D eigenvalue weighted by molar-refractivity contribution is -0.122. The van der Waals surface area contributed by atoms with Crippen LogP contribution < -0.4 is 0 Å². The number of hydrogen-bond acceptors (Lipinski definition) is 4. The van der Waals surface area contributed by atoms with Gasteiger partial charge in [-0.1, -0.05) is 85.1 Å². The summed E-state index contributed by atoms with van der Waals surface area (Å²) in [5.74, 6) is 1.09. The second-order valence-corrected chi connectivity index (χ2v) is 10.6. The van der Waals surface area contributed by atoms with Gasteiger partial charge in [-0.05, 0) is 48.3 Å². The first-order valence-corrected chi connectivity index (χ1v) is 12.4. The molecule has 0 N–H and O–H groups in total. The van der Waals surface area contributed by atoms with Crippen LogP contribution in [0.3, 0.4) is 0 Å². The van der Waals surface area contributed by atoms with Crippen molar-refractivity contribution in [2.45, 2.75) is 91.6 Å². The molecule has 0 fully saturated rings. The van der Waals surface area contributed by atoms with Crippen LogP contribution in [0.1, 0.15) is 80.6 Å². The number of carbonyl (C=O) groups excluding carboxylic acids is 1. The van der Waals surface area contributed by atoms with Gasteiger partial charge in [0.25, 0.3) is 0 Å². The highest BCUT2D eigenvalue weighted by Gasteiger charge is 2.38. The zero-order valence-corrected chi connectivity index (χ0v) is 21.8. The SMILES string of the molecule is CCCC(OC1=CC=C(C(C)(C)CC)CC1C(C)(C)CC)C(=O)C=Nc1ccccc1S. The van der Waals surface area contributed by atoms with Crippen molar-refractivity contribution in [2.75, 3.05) is 0 Å². The van der Waals surface area contributed by atoms with Gasteiger partial charge in [0.05, 0.1) is 11.9 Å². The molecule has 32 heavy (non-hydrogen) atoms. The van der Waals surface area contributed by atoms with Crippen LogP contribution in [0.25, 0.3) is 0 Å². The van der Waals surface area contributed by atoms with E-state index in [0.29, 0.717) is 12.1 Å². The molecule has 2 unspecified atom stereocenters. The fraction of sp³-hybridized carbons (Fsp3) is 0.571. The van der Waals surface area contributed by atoms with Gasteiger partial charge in [-0.25, -0.2) is 0 Å². The molecule has 1 aliphatic carbocycles. The number of hydrogen-bond donors (Lipinski definition) is 1. The molecule has 0 aromatic heterocycles. The van der Waals surface area contributed by atoms with E-state index < -0.39 is 6.10 Å². The summed E-state index contributed by atoms with van der Waals surface area (Å²) < 4.78 is 6.46. The molecule has 0 saturated heterocycles. The van der Waals surface area contributed by atoms with E-state index in [1.54, 1.807) is 0 Å². The van der Waals surface area contributed by atoms with Gasteiger partial charge in [0.15, 0.2) is 6.10 Å². The zero-order chi connectivity index (χ0) is 23.9. The number of aliphatic imine (C=N–C) groups is 1. The van der Waals surface area contributed by atoms with Crippen molar-refractivity contribution < 1.29 is 9.53 Å². The lowest BCUT2D eigenvalue weighted by Gasteiger charge is -2.41. The predicted octanol–water partition coefficient (Wildman–Crippen LogP) is 8.13. The highest BCUT2D eigenvalue weighted by molar-refractivity contribution is 7.80. The first kappa shape index (κ1) is 26.4. The Morgan fingerprint density at radius 1 is 1.16 bits per heavy atom. The minimum Gasteiger partial charge on any atom is -0.486 e. The molecule has 0 spiro atoms. The van der Waals surface area contributed by atoms with Crippen LogP contribution in [0.2, 0.25) is 0 Å². The summed E-state index contributed by atoms with van der Waals surface area (Å²) in [4.78, 5) is 18.2. The van der Waals surface area contributed by atoms with E-state index in [9.17, 15) is 4.79 Å². The summed E-state index contributed by atoms with van der Waals surface area (Å²) in [5, 5.41) is 0. The van der Waals surface area contributed by atoms with Crippen LogP contribution in [-0.4, -0.2) is 18.1 Å². The molecule has 176 valence electrons. The van der Waals surface area contributed by atoms with Gasteiger partial charge in [0.2, 0.25) is 5.78 Å². The molecular formula is C28H41NO2S. The predicted molar refractivity (Wildman–Crippen MR) is 139 cm³/mol. The first-order valence-electron chi connectivity index (χ1n) is 12.0.